The van der Waals surface area contributed by atoms with E-state index >= 15 is 0 Å². The molecule has 3 aromatic rings. The summed E-state index contributed by atoms with van der Waals surface area (Å²) in [5.74, 6) is 1.66. The number of anilines is 1. The molecule has 1 aliphatic heterocycles. The van der Waals surface area contributed by atoms with E-state index in [9.17, 15) is 4.79 Å². The Hall–Kier alpha value is -2.82. The molecule has 4 rings (SSSR count). The summed E-state index contributed by atoms with van der Waals surface area (Å²) in [6.45, 7) is 3.51. The van der Waals surface area contributed by atoms with E-state index in [1.165, 1.54) is 0 Å². The van der Waals surface area contributed by atoms with E-state index in [1.807, 2.05) is 53.1 Å². The van der Waals surface area contributed by atoms with E-state index in [0.29, 0.717) is 11.9 Å². The molecule has 0 N–H and O–H groups in total. The van der Waals surface area contributed by atoms with Gasteiger partial charge in [-0.15, -0.1) is 0 Å². The first-order valence-electron chi connectivity index (χ1n) is 8.09. The van der Waals surface area contributed by atoms with Crippen LogP contribution in [0.25, 0.3) is 10.9 Å². The van der Waals surface area contributed by atoms with Crippen molar-refractivity contribution in [3.63, 3.8) is 0 Å². The maximum absolute atomic E-state index is 12.7. The Labute approximate surface area is 140 Å². The van der Waals surface area contributed by atoms with Crippen molar-refractivity contribution in [1.29, 1.82) is 0 Å². The van der Waals surface area contributed by atoms with E-state index in [4.69, 9.17) is 9.72 Å². The van der Waals surface area contributed by atoms with Gasteiger partial charge in [-0.2, -0.15) is 0 Å². The summed E-state index contributed by atoms with van der Waals surface area (Å²) in [6.07, 6.45) is 0. The number of para-hydroxylation sites is 1. The molecule has 1 aromatic heterocycles. The highest BCUT2D eigenvalue weighted by Crippen LogP contribution is 2.30. The largest absolute Gasteiger partial charge is 0.497 e. The molecule has 5 nitrogen and oxygen atoms in total. The molecule has 0 bridgehead atoms. The fourth-order valence-corrected chi connectivity index (χ4v) is 3.39. The number of hydrogen-bond acceptors (Lipinski definition) is 4. The number of benzene rings is 2. The van der Waals surface area contributed by atoms with Crippen LogP contribution >= 0.6 is 0 Å². The van der Waals surface area contributed by atoms with E-state index in [1.54, 1.807) is 7.11 Å². The van der Waals surface area contributed by atoms with Gasteiger partial charge >= 0.3 is 0 Å². The number of methoxy groups -OCH3 is 1. The zero-order valence-corrected chi connectivity index (χ0v) is 13.8. The number of aromatic nitrogens is 2. The minimum atomic E-state index is 0.0319. The summed E-state index contributed by atoms with van der Waals surface area (Å²) in [4.78, 5) is 19.8. The van der Waals surface area contributed by atoms with E-state index < -0.39 is 0 Å². The fraction of sp³-hybridized carbons (Fsp3) is 0.263. The van der Waals surface area contributed by atoms with Gasteiger partial charge in [0.1, 0.15) is 11.6 Å². The monoisotopic (exact) mass is 321 g/mol. The maximum Gasteiger partial charge on any atom is 0.261 e. The van der Waals surface area contributed by atoms with Gasteiger partial charge in [0.15, 0.2) is 0 Å². The Morgan fingerprint density at radius 2 is 1.83 bits per heavy atom. The highest BCUT2D eigenvalue weighted by atomic mass is 16.5. The molecule has 0 fully saturated rings. The minimum Gasteiger partial charge on any atom is -0.497 e. The summed E-state index contributed by atoms with van der Waals surface area (Å²) in [5.41, 5.74) is 1.92. The van der Waals surface area contributed by atoms with Crippen molar-refractivity contribution in [2.45, 2.75) is 19.5 Å². The number of fused-ring (bicyclic) bond motifs is 2. The second-order valence-corrected chi connectivity index (χ2v) is 6.01. The van der Waals surface area contributed by atoms with Crippen LogP contribution < -0.4 is 15.2 Å². The standard InChI is InChI=1S/C19H19N3O2/c1-13-18-20-17-6-4-3-5-16(17)19(23)22(18)12-11-21(13)14-7-9-15(24-2)10-8-14/h3-10,13H,11-12H2,1-2H3. The van der Waals surface area contributed by atoms with Crippen LogP contribution in [0.1, 0.15) is 18.8 Å². The highest BCUT2D eigenvalue weighted by Gasteiger charge is 2.27. The summed E-state index contributed by atoms with van der Waals surface area (Å²) in [6, 6.07) is 15.6. The minimum absolute atomic E-state index is 0.0319. The molecule has 2 aromatic carbocycles. The maximum atomic E-state index is 12.7. The van der Waals surface area contributed by atoms with Gasteiger partial charge in [0.25, 0.3) is 5.56 Å². The first-order valence-corrected chi connectivity index (χ1v) is 8.09. The molecular weight excluding hydrogens is 302 g/mol. The normalized spacial score (nSPS) is 16.9. The highest BCUT2D eigenvalue weighted by molar-refractivity contribution is 5.77. The van der Waals surface area contributed by atoms with Gasteiger partial charge in [-0.3, -0.25) is 9.36 Å². The Morgan fingerprint density at radius 1 is 1.08 bits per heavy atom. The lowest BCUT2D eigenvalue weighted by Gasteiger charge is -2.36. The van der Waals surface area contributed by atoms with Crippen molar-refractivity contribution in [3.8, 4) is 5.75 Å². The van der Waals surface area contributed by atoms with Gasteiger partial charge in [0, 0.05) is 18.8 Å². The molecule has 0 amide bonds. The molecule has 1 aliphatic rings. The SMILES string of the molecule is COc1ccc(N2CCn3c(nc4ccccc4c3=O)C2C)cc1. The zero-order valence-electron chi connectivity index (χ0n) is 13.8. The molecule has 122 valence electrons. The second-order valence-electron chi connectivity index (χ2n) is 6.01. The third-order valence-electron chi connectivity index (χ3n) is 4.70. The van der Waals surface area contributed by atoms with Gasteiger partial charge in [0.2, 0.25) is 0 Å². The third kappa shape index (κ3) is 2.24. The van der Waals surface area contributed by atoms with Gasteiger partial charge in [-0.25, -0.2) is 4.98 Å². The molecule has 0 radical (unpaired) electrons. The zero-order chi connectivity index (χ0) is 16.7. The van der Waals surface area contributed by atoms with Crippen molar-refractivity contribution < 1.29 is 4.74 Å². The topological polar surface area (TPSA) is 47.4 Å². The smallest absolute Gasteiger partial charge is 0.261 e. The summed E-state index contributed by atoms with van der Waals surface area (Å²) >= 11 is 0. The lowest BCUT2D eigenvalue weighted by molar-refractivity contribution is 0.414. The van der Waals surface area contributed by atoms with Crippen LogP contribution in [0.2, 0.25) is 0 Å². The molecule has 2 heterocycles. The fourth-order valence-electron chi connectivity index (χ4n) is 3.39. The lowest BCUT2D eigenvalue weighted by Crippen LogP contribution is -2.42. The Balaban J connectivity index is 1.79. The summed E-state index contributed by atoms with van der Waals surface area (Å²) in [7, 11) is 1.66. The molecule has 0 aliphatic carbocycles. The average molecular weight is 321 g/mol. The van der Waals surface area contributed by atoms with Crippen molar-refractivity contribution in [2.75, 3.05) is 18.6 Å². The number of nitrogens with zero attached hydrogens (tertiary/aromatic N) is 3. The van der Waals surface area contributed by atoms with Crippen LogP contribution in [-0.4, -0.2) is 23.2 Å². The molecule has 1 atom stereocenters. The molecule has 1 unspecified atom stereocenters. The van der Waals surface area contributed by atoms with Crippen LogP contribution in [0.5, 0.6) is 5.75 Å². The molecule has 0 saturated heterocycles. The predicted octanol–water partition coefficient (Wildman–Crippen LogP) is 2.99. The van der Waals surface area contributed by atoms with Crippen LogP contribution in [0.4, 0.5) is 5.69 Å². The second kappa shape index (κ2) is 5.67. The van der Waals surface area contributed by atoms with Crippen molar-refractivity contribution in [3.05, 3.63) is 64.7 Å². The van der Waals surface area contributed by atoms with Crippen LogP contribution in [0.15, 0.2) is 53.3 Å². The van der Waals surface area contributed by atoms with Crippen LogP contribution in [0, 0.1) is 0 Å². The number of rotatable bonds is 2. The molecule has 0 saturated carbocycles. The van der Waals surface area contributed by atoms with Crippen LogP contribution in [0.3, 0.4) is 0 Å². The summed E-state index contributed by atoms with van der Waals surface area (Å²) < 4.78 is 7.04. The van der Waals surface area contributed by atoms with Crippen molar-refractivity contribution in [2.24, 2.45) is 0 Å². The molecule has 24 heavy (non-hydrogen) atoms. The van der Waals surface area contributed by atoms with E-state index in [-0.39, 0.29) is 11.6 Å². The quantitative estimate of drug-likeness (QED) is 0.728. The third-order valence-corrected chi connectivity index (χ3v) is 4.70. The Kier molecular flexibility index (Phi) is 3.49. The first-order chi connectivity index (χ1) is 11.7. The Bertz CT molecular complexity index is 947. The number of ether oxygens (including phenoxy) is 1. The van der Waals surface area contributed by atoms with Gasteiger partial charge in [-0.05, 0) is 43.3 Å². The summed E-state index contributed by atoms with van der Waals surface area (Å²) in [5, 5.41) is 0.686. The molecular formula is C19H19N3O2. The van der Waals surface area contributed by atoms with Gasteiger partial charge in [0.05, 0.1) is 24.1 Å². The first kappa shape index (κ1) is 14.8. The molecule has 0 spiro atoms. The Morgan fingerprint density at radius 3 is 2.58 bits per heavy atom. The number of hydrogen-bond donors (Lipinski definition) is 0. The van der Waals surface area contributed by atoms with Gasteiger partial charge in [-0.1, -0.05) is 12.1 Å². The van der Waals surface area contributed by atoms with Gasteiger partial charge < -0.3 is 9.64 Å². The van der Waals surface area contributed by atoms with Crippen LogP contribution in [-0.2, 0) is 6.54 Å². The van der Waals surface area contributed by atoms with Crippen molar-refractivity contribution >= 4 is 16.6 Å². The predicted molar refractivity (Wildman–Crippen MR) is 94.8 cm³/mol. The van der Waals surface area contributed by atoms with E-state index in [2.05, 4.69) is 11.8 Å². The molecule has 5 heteroatoms. The van der Waals surface area contributed by atoms with Crippen molar-refractivity contribution in [1.82, 2.24) is 9.55 Å². The van der Waals surface area contributed by atoms with E-state index in [0.717, 1.165) is 29.3 Å². The average Bonchev–Trinajstić information content (AvgIpc) is 2.63. The lowest BCUT2D eigenvalue weighted by atomic mass is 10.1.